The van der Waals surface area contributed by atoms with Crippen LogP contribution in [0.15, 0.2) is 29.2 Å². The summed E-state index contributed by atoms with van der Waals surface area (Å²) >= 11 is 0. The van der Waals surface area contributed by atoms with Crippen LogP contribution in [-0.4, -0.2) is 15.0 Å². The number of benzene rings is 1. The van der Waals surface area contributed by atoms with Gasteiger partial charge in [-0.3, -0.25) is 0 Å². The van der Waals surface area contributed by atoms with Gasteiger partial charge in [0.05, 0.1) is 4.90 Å². The highest BCUT2D eigenvalue weighted by atomic mass is 32.2. The molecule has 108 valence electrons. The van der Waals surface area contributed by atoms with Crippen molar-refractivity contribution in [3.8, 4) is 0 Å². The van der Waals surface area contributed by atoms with Crippen molar-refractivity contribution < 1.29 is 8.42 Å². The van der Waals surface area contributed by atoms with Crippen molar-refractivity contribution in [1.82, 2.24) is 10.3 Å². The molecule has 0 aliphatic rings. The summed E-state index contributed by atoms with van der Waals surface area (Å²) in [6.45, 7) is 4.77. The second-order valence-corrected chi connectivity index (χ2v) is 6.44. The maximum absolute atomic E-state index is 11.9. The van der Waals surface area contributed by atoms with Crippen LogP contribution in [0.25, 0.3) is 0 Å². The molecule has 0 saturated heterocycles. The number of hydrogen-bond donors (Lipinski definition) is 2. The Balaban J connectivity index is 2.29. The second-order valence-electron chi connectivity index (χ2n) is 4.76. The summed E-state index contributed by atoms with van der Waals surface area (Å²) in [6.07, 6.45) is 5.79. The lowest BCUT2D eigenvalue weighted by molar-refractivity contribution is 0.536. The average Bonchev–Trinajstić information content (AvgIpc) is 2.38. The summed E-state index contributed by atoms with van der Waals surface area (Å²) in [6, 6.07) is 6.81. The molecule has 1 aromatic carbocycles. The van der Waals surface area contributed by atoms with E-state index in [2.05, 4.69) is 17.2 Å². The summed E-state index contributed by atoms with van der Waals surface area (Å²) in [5.74, 6) is 0. The Bertz CT molecular complexity index is 455. The molecule has 0 aromatic heterocycles. The molecule has 5 heteroatoms. The standard InChI is InChI=1S/C14H24N2O2S/c1-3-4-5-6-7-12-15-16-19(17,18)14-10-8-13(2)9-11-14/h8-11,15-16H,3-7,12H2,1-2H3. The molecular formula is C14H24N2O2S. The Kier molecular flexibility index (Phi) is 7.05. The molecule has 0 bridgehead atoms. The van der Waals surface area contributed by atoms with Gasteiger partial charge in [-0.2, -0.15) is 0 Å². The molecule has 0 unspecified atom stereocenters. The molecule has 1 aromatic rings. The number of hydrazine groups is 1. The molecule has 0 spiro atoms. The minimum Gasteiger partial charge on any atom is -0.244 e. The van der Waals surface area contributed by atoms with Gasteiger partial charge < -0.3 is 0 Å². The van der Waals surface area contributed by atoms with Crippen LogP contribution < -0.4 is 10.3 Å². The molecule has 0 radical (unpaired) electrons. The maximum atomic E-state index is 11.9. The first-order valence-corrected chi connectivity index (χ1v) is 8.36. The number of sulfonamides is 1. The topological polar surface area (TPSA) is 58.2 Å². The van der Waals surface area contributed by atoms with Crippen LogP contribution in [0.5, 0.6) is 0 Å². The van der Waals surface area contributed by atoms with Gasteiger partial charge in [0.1, 0.15) is 0 Å². The van der Waals surface area contributed by atoms with Gasteiger partial charge in [0.25, 0.3) is 10.0 Å². The van der Waals surface area contributed by atoms with E-state index in [0.717, 1.165) is 18.4 Å². The van der Waals surface area contributed by atoms with Crippen LogP contribution in [0, 0.1) is 6.92 Å². The van der Waals surface area contributed by atoms with E-state index in [-0.39, 0.29) is 4.90 Å². The number of hydrogen-bond acceptors (Lipinski definition) is 3. The minimum absolute atomic E-state index is 0.289. The van der Waals surface area contributed by atoms with E-state index in [1.165, 1.54) is 19.3 Å². The van der Waals surface area contributed by atoms with Crippen LogP contribution in [0.1, 0.15) is 44.6 Å². The minimum atomic E-state index is -3.44. The molecule has 0 saturated carbocycles. The predicted octanol–water partition coefficient (Wildman–Crippen LogP) is 2.75. The Morgan fingerprint density at radius 3 is 2.26 bits per heavy atom. The van der Waals surface area contributed by atoms with Crippen molar-refractivity contribution in [2.45, 2.75) is 50.8 Å². The second kappa shape index (κ2) is 8.30. The van der Waals surface area contributed by atoms with Crippen molar-refractivity contribution in [3.63, 3.8) is 0 Å². The van der Waals surface area contributed by atoms with Crippen LogP contribution in [0.2, 0.25) is 0 Å². The van der Waals surface area contributed by atoms with Crippen LogP contribution in [0.3, 0.4) is 0 Å². The highest BCUT2D eigenvalue weighted by Gasteiger charge is 2.12. The van der Waals surface area contributed by atoms with Gasteiger partial charge in [-0.05, 0) is 25.5 Å². The fourth-order valence-corrected chi connectivity index (χ4v) is 2.64. The van der Waals surface area contributed by atoms with Crippen molar-refractivity contribution in [1.29, 1.82) is 0 Å². The molecule has 4 nitrogen and oxygen atoms in total. The summed E-state index contributed by atoms with van der Waals surface area (Å²) in [5, 5.41) is 0. The SMILES string of the molecule is CCCCCCCNNS(=O)(=O)c1ccc(C)cc1. The van der Waals surface area contributed by atoms with Crippen LogP contribution in [0.4, 0.5) is 0 Å². The van der Waals surface area contributed by atoms with Crippen LogP contribution >= 0.6 is 0 Å². The van der Waals surface area contributed by atoms with Gasteiger partial charge in [0.15, 0.2) is 0 Å². The summed E-state index contributed by atoms with van der Waals surface area (Å²) < 4.78 is 23.8. The third-order valence-corrected chi connectivity index (χ3v) is 4.25. The molecule has 0 fully saturated rings. The van der Waals surface area contributed by atoms with E-state index in [0.29, 0.717) is 6.54 Å². The molecule has 0 heterocycles. The number of unbranched alkanes of at least 4 members (excludes halogenated alkanes) is 4. The fraction of sp³-hybridized carbons (Fsp3) is 0.571. The first kappa shape index (κ1) is 16.1. The molecule has 0 atom stereocenters. The van der Waals surface area contributed by atoms with Crippen molar-refractivity contribution in [2.24, 2.45) is 0 Å². The Morgan fingerprint density at radius 1 is 1.00 bits per heavy atom. The third kappa shape index (κ3) is 6.18. The van der Waals surface area contributed by atoms with Gasteiger partial charge in [-0.25, -0.2) is 13.8 Å². The third-order valence-electron chi connectivity index (χ3n) is 2.94. The fourth-order valence-electron chi connectivity index (χ4n) is 1.74. The quantitative estimate of drug-likeness (QED) is 0.541. The molecule has 2 N–H and O–H groups in total. The van der Waals surface area contributed by atoms with E-state index in [1.807, 2.05) is 6.92 Å². The van der Waals surface area contributed by atoms with E-state index in [9.17, 15) is 8.42 Å². The Labute approximate surface area is 116 Å². The zero-order valence-electron chi connectivity index (χ0n) is 11.8. The summed E-state index contributed by atoms with van der Waals surface area (Å²) in [4.78, 5) is 2.70. The first-order valence-electron chi connectivity index (χ1n) is 6.87. The smallest absolute Gasteiger partial charge is 0.244 e. The zero-order valence-corrected chi connectivity index (χ0v) is 12.6. The van der Waals surface area contributed by atoms with Gasteiger partial charge in [-0.15, -0.1) is 4.83 Å². The van der Waals surface area contributed by atoms with Crippen LogP contribution in [-0.2, 0) is 10.0 Å². The monoisotopic (exact) mass is 284 g/mol. The van der Waals surface area contributed by atoms with E-state index >= 15 is 0 Å². The summed E-state index contributed by atoms with van der Waals surface area (Å²) in [5.41, 5.74) is 3.82. The highest BCUT2D eigenvalue weighted by molar-refractivity contribution is 7.89. The zero-order chi connectivity index (χ0) is 14.1. The largest absolute Gasteiger partial charge is 0.253 e. The van der Waals surface area contributed by atoms with Crippen molar-refractivity contribution in [3.05, 3.63) is 29.8 Å². The van der Waals surface area contributed by atoms with Crippen molar-refractivity contribution in [2.75, 3.05) is 6.54 Å². The Morgan fingerprint density at radius 2 is 1.63 bits per heavy atom. The van der Waals surface area contributed by atoms with Gasteiger partial charge in [0, 0.05) is 6.54 Å². The number of aryl methyl sites for hydroxylation is 1. The van der Waals surface area contributed by atoms with E-state index in [4.69, 9.17) is 0 Å². The van der Waals surface area contributed by atoms with E-state index in [1.54, 1.807) is 24.3 Å². The molecule has 0 aliphatic carbocycles. The molecule has 0 amide bonds. The van der Waals surface area contributed by atoms with Crippen molar-refractivity contribution >= 4 is 10.0 Å². The molecular weight excluding hydrogens is 260 g/mol. The molecule has 0 aliphatic heterocycles. The number of nitrogens with one attached hydrogen (secondary N) is 2. The Hall–Kier alpha value is -0.910. The van der Waals surface area contributed by atoms with Gasteiger partial charge >= 0.3 is 0 Å². The lowest BCUT2D eigenvalue weighted by atomic mass is 10.2. The number of rotatable bonds is 9. The highest BCUT2D eigenvalue weighted by Crippen LogP contribution is 2.09. The van der Waals surface area contributed by atoms with Gasteiger partial charge in [-0.1, -0.05) is 50.3 Å². The normalized spacial score (nSPS) is 11.7. The molecule has 19 heavy (non-hydrogen) atoms. The maximum Gasteiger partial charge on any atom is 0.253 e. The van der Waals surface area contributed by atoms with E-state index < -0.39 is 10.0 Å². The van der Waals surface area contributed by atoms with Gasteiger partial charge in [0.2, 0.25) is 0 Å². The predicted molar refractivity (Wildman–Crippen MR) is 78.3 cm³/mol. The molecule has 1 rings (SSSR count). The lowest BCUT2D eigenvalue weighted by Crippen LogP contribution is -2.37. The average molecular weight is 284 g/mol. The lowest BCUT2D eigenvalue weighted by Gasteiger charge is -2.08. The summed E-state index contributed by atoms with van der Waals surface area (Å²) in [7, 11) is -3.44. The first-order chi connectivity index (χ1) is 9.06.